The van der Waals surface area contributed by atoms with E-state index >= 15 is 0 Å². The first-order valence-electron chi connectivity index (χ1n) is 7.80. The zero-order chi connectivity index (χ0) is 16.8. The summed E-state index contributed by atoms with van der Waals surface area (Å²) >= 11 is 0. The van der Waals surface area contributed by atoms with Crippen molar-refractivity contribution < 1.29 is 4.79 Å². The molecule has 0 aliphatic heterocycles. The smallest absolute Gasteiger partial charge is 0.260 e. The Labute approximate surface area is 138 Å². The summed E-state index contributed by atoms with van der Waals surface area (Å²) in [6, 6.07) is 16.3. The highest BCUT2D eigenvalue weighted by Gasteiger charge is 2.04. The van der Waals surface area contributed by atoms with Gasteiger partial charge in [-0.2, -0.15) is 0 Å². The van der Waals surface area contributed by atoms with Gasteiger partial charge < -0.3 is 10.6 Å². The van der Waals surface area contributed by atoms with E-state index in [0.717, 1.165) is 6.42 Å². The summed E-state index contributed by atoms with van der Waals surface area (Å²) in [5, 5.41) is 6.50. The van der Waals surface area contributed by atoms with Crippen LogP contribution in [0.4, 0.5) is 5.95 Å². The fourth-order valence-corrected chi connectivity index (χ4v) is 2.36. The number of nitrogens with one attached hydrogen (secondary N) is 3. The molecule has 0 aliphatic rings. The molecular formula is C18H18N4O2. The van der Waals surface area contributed by atoms with E-state index in [-0.39, 0.29) is 11.5 Å². The van der Waals surface area contributed by atoms with Crippen LogP contribution in [0.25, 0.3) is 10.9 Å². The number of carbonyl (C=O) groups excluding carboxylic acids is 1. The summed E-state index contributed by atoms with van der Waals surface area (Å²) in [5.74, 6) is 0.348. The Kier molecular flexibility index (Phi) is 4.86. The van der Waals surface area contributed by atoms with Crippen molar-refractivity contribution in [2.45, 2.75) is 6.42 Å². The number of hydrogen-bond donors (Lipinski definition) is 3. The number of hydrogen-bond acceptors (Lipinski definition) is 4. The summed E-state index contributed by atoms with van der Waals surface area (Å²) in [6.45, 7) is 1.13. The van der Waals surface area contributed by atoms with Gasteiger partial charge in [0.2, 0.25) is 5.95 Å². The van der Waals surface area contributed by atoms with Crippen LogP contribution < -0.4 is 16.2 Å². The maximum atomic E-state index is 11.9. The Balaban J connectivity index is 1.49. The van der Waals surface area contributed by atoms with Gasteiger partial charge in [0, 0.05) is 18.7 Å². The van der Waals surface area contributed by atoms with Gasteiger partial charge >= 0.3 is 0 Å². The van der Waals surface area contributed by atoms with Crippen molar-refractivity contribution in [3.63, 3.8) is 0 Å². The molecule has 0 unspecified atom stereocenters. The third-order valence-electron chi connectivity index (χ3n) is 3.58. The molecule has 3 N–H and O–H groups in total. The minimum absolute atomic E-state index is 0.0900. The van der Waals surface area contributed by atoms with E-state index in [4.69, 9.17) is 0 Å². The van der Waals surface area contributed by atoms with Crippen LogP contribution in [0, 0.1) is 0 Å². The molecule has 24 heavy (non-hydrogen) atoms. The molecule has 0 spiro atoms. The molecule has 0 saturated carbocycles. The van der Waals surface area contributed by atoms with Gasteiger partial charge in [0.05, 0.1) is 10.9 Å². The molecular weight excluding hydrogens is 304 g/mol. The number of aromatic nitrogens is 2. The number of amides is 1. The molecule has 2 aromatic carbocycles. The SMILES string of the molecule is O=C(NCCCNc1nc2ccccc2c(=O)[nH]1)c1ccccc1. The van der Waals surface area contributed by atoms with Crippen molar-refractivity contribution >= 4 is 22.8 Å². The predicted molar refractivity (Wildman–Crippen MR) is 94.2 cm³/mol. The number of rotatable bonds is 6. The molecule has 6 heteroatoms. The molecule has 0 atom stereocenters. The minimum atomic E-state index is -0.166. The van der Waals surface area contributed by atoms with Gasteiger partial charge in [0.25, 0.3) is 11.5 Å². The summed E-state index contributed by atoms with van der Waals surface area (Å²) in [5.41, 5.74) is 1.13. The molecule has 1 aromatic heterocycles. The lowest BCUT2D eigenvalue weighted by atomic mass is 10.2. The number of para-hydroxylation sites is 1. The van der Waals surface area contributed by atoms with Gasteiger partial charge in [0.1, 0.15) is 0 Å². The van der Waals surface area contributed by atoms with Crippen molar-refractivity contribution in [1.82, 2.24) is 15.3 Å². The standard InChI is InChI=1S/C18H18N4O2/c23-16(13-7-2-1-3-8-13)19-11-6-12-20-18-21-15-10-5-4-9-14(15)17(24)22-18/h1-5,7-10H,6,11-12H2,(H,19,23)(H2,20,21,22,24). The Morgan fingerprint density at radius 2 is 1.75 bits per heavy atom. The molecule has 122 valence electrons. The molecule has 1 amide bonds. The Morgan fingerprint density at radius 1 is 1.00 bits per heavy atom. The average Bonchev–Trinajstić information content (AvgIpc) is 2.62. The number of carbonyl (C=O) groups is 1. The summed E-state index contributed by atoms with van der Waals surface area (Å²) in [4.78, 5) is 30.9. The van der Waals surface area contributed by atoms with Crippen LogP contribution >= 0.6 is 0 Å². The van der Waals surface area contributed by atoms with Gasteiger partial charge in [-0.1, -0.05) is 30.3 Å². The lowest BCUT2D eigenvalue weighted by Crippen LogP contribution is -2.26. The molecule has 0 radical (unpaired) electrons. The average molecular weight is 322 g/mol. The van der Waals surface area contributed by atoms with Crippen molar-refractivity contribution in [2.24, 2.45) is 0 Å². The second-order valence-corrected chi connectivity index (χ2v) is 5.33. The maximum Gasteiger partial charge on any atom is 0.260 e. The van der Waals surface area contributed by atoms with E-state index in [0.29, 0.717) is 35.5 Å². The molecule has 6 nitrogen and oxygen atoms in total. The number of fused-ring (bicyclic) bond motifs is 1. The third-order valence-corrected chi connectivity index (χ3v) is 3.58. The van der Waals surface area contributed by atoms with Gasteiger partial charge in [-0.05, 0) is 30.7 Å². The second-order valence-electron chi connectivity index (χ2n) is 5.33. The Hall–Kier alpha value is -3.15. The van der Waals surface area contributed by atoms with Crippen molar-refractivity contribution in [2.75, 3.05) is 18.4 Å². The fraction of sp³-hybridized carbons (Fsp3) is 0.167. The summed E-state index contributed by atoms with van der Waals surface area (Å²) < 4.78 is 0. The van der Waals surface area contributed by atoms with Crippen molar-refractivity contribution in [3.8, 4) is 0 Å². The Morgan fingerprint density at radius 3 is 2.58 bits per heavy atom. The van der Waals surface area contributed by atoms with Crippen LogP contribution in [0.3, 0.4) is 0 Å². The van der Waals surface area contributed by atoms with Gasteiger partial charge in [-0.3, -0.25) is 14.6 Å². The second kappa shape index (κ2) is 7.41. The topological polar surface area (TPSA) is 86.9 Å². The van der Waals surface area contributed by atoms with Crippen LogP contribution in [-0.4, -0.2) is 29.0 Å². The monoisotopic (exact) mass is 322 g/mol. The first-order chi connectivity index (χ1) is 11.7. The van der Waals surface area contributed by atoms with E-state index in [2.05, 4.69) is 20.6 Å². The largest absolute Gasteiger partial charge is 0.356 e. The molecule has 0 fully saturated rings. The highest BCUT2D eigenvalue weighted by Crippen LogP contribution is 2.07. The van der Waals surface area contributed by atoms with Crippen LogP contribution in [0.15, 0.2) is 59.4 Å². The highest BCUT2D eigenvalue weighted by molar-refractivity contribution is 5.94. The molecule has 1 heterocycles. The normalized spacial score (nSPS) is 10.5. The summed E-state index contributed by atoms with van der Waals surface area (Å²) in [7, 11) is 0. The van der Waals surface area contributed by atoms with E-state index in [1.165, 1.54) is 0 Å². The predicted octanol–water partition coefficient (Wildman–Crippen LogP) is 2.16. The first-order valence-corrected chi connectivity index (χ1v) is 7.80. The maximum absolute atomic E-state index is 11.9. The third kappa shape index (κ3) is 3.78. The number of benzene rings is 2. The molecule has 3 rings (SSSR count). The van der Waals surface area contributed by atoms with E-state index < -0.39 is 0 Å². The zero-order valence-electron chi connectivity index (χ0n) is 13.1. The van der Waals surface area contributed by atoms with E-state index in [1.54, 1.807) is 24.3 Å². The number of aromatic amines is 1. The van der Waals surface area contributed by atoms with Crippen molar-refractivity contribution in [3.05, 3.63) is 70.5 Å². The lowest BCUT2D eigenvalue weighted by Gasteiger charge is -2.07. The number of H-pyrrole nitrogens is 1. The van der Waals surface area contributed by atoms with Crippen molar-refractivity contribution in [1.29, 1.82) is 0 Å². The van der Waals surface area contributed by atoms with Crippen LogP contribution in [0.2, 0.25) is 0 Å². The number of nitrogens with zero attached hydrogens (tertiary/aromatic N) is 1. The lowest BCUT2D eigenvalue weighted by molar-refractivity contribution is 0.0953. The van der Waals surface area contributed by atoms with Gasteiger partial charge in [-0.15, -0.1) is 0 Å². The van der Waals surface area contributed by atoms with E-state index in [9.17, 15) is 9.59 Å². The molecule has 0 aliphatic carbocycles. The Bertz CT molecular complexity index is 890. The summed E-state index contributed by atoms with van der Waals surface area (Å²) in [6.07, 6.45) is 0.717. The molecule has 0 bridgehead atoms. The molecule has 0 saturated heterocycles. The van der Waals surface area contributed by atoms with Crippen LogP contribution in [-0.2, 0) is 0 Å². The van der Waals surface area contributed by atoms with E-state index in [1.807, 2.05) is 30.3 Å². The van der Waals surface area contributed by atoms with Crippen LogP contribution in [0.5, 0.6) is 0 Å². The highest BCUT2D eigenvalue weighted by atomic mass is 16.1. The van der Waals surface area contributed by atoms with Crippen LogP contribution in [0.1, 0.15) is 16.8 Å². The molecule has 3 aromatic rings. The van der Waals surface area contributed by atoms with Gasteiger partial charge in [0.15, 0.2) is 0 Å². The zero-order valence-corrected chi connectivity index (χ0v) is 13.1. The minimum Gasteiger partial charge on any atom is -0.356 e. The first kappa shape index (κ1) is 15.7. The fourth-order valence-electron chi connectivity index (χ4n) is 2.36. The van der Waals surface area contributed by atoms with Gasteiger partial charge in [-0.25, -0.2) is 4.98 Å². The number of anilines is 1. The quantitative estimate of drug-likeness (QED) is 0.607.